The normalized spacial score (nSPS) is 15.2. The molecule has 12 heteroatoms. The highest BCUT2D eigenvalue weighted by molar-refractivity contribution is 7.93. The minimum atomic E-state index is -3.46. The van der Waals surface area contributed by atoms with Gasteiger partial charge in [0.25, 0.3) is 0 Å². The third kappa shape index (κ3) is 5.45. The van der Waals surface area contributed by atoms with Gasteiger partial charge in [-0.3, -0.25) is 9.62 Å². The quantitative estimate of drug-likeness (QED) is 0.558. The Balaban J connectivity index is 1.35. The zero-order valence-corrected chi connectivity index (χ0v) is 19.1. The number of nitrogens with zero attached hydrogens (tertiary/aromatic N) is 6. The van der Waals surface area contributed by atoms with Gasteiger partial charge < -0.3 is 4.90 Å². The molecule has 0 amide bonds. The Labute approximate surface area is 191 Å². The number of pyridine rings is 1. The Bertz CT molecular complexity index is 1220. The summed E-state index contributed by atoms with van der Waals surface area (Å²) < 4.78 is 54.8. The number of aromatic nitrogens is 4. The van der Waals surface area contributed by atoms with Crippen LogP contribution < -0.4 is 9.62 Å². The predicted octanol–water partition coefficient (Wildman–Crippen LogP) is 2.41. The van der Waals surface area contributed by atoms with Crippen LogP contribution in [-0.2, 0) is 16.6 Å². The van der Waals surface area contributed by atoms with Gasteiger partial charge in [-0.05, 0) is 38.1 Å². The predicted molar refractivity (Wildman–Crippen MR) is 121 cm³/mol. The molecule has 176 valence electrons. The number of benzene rings is 1. The van der Waals surface area contributed by atoms with Crippen molar-refractivity contribution in [3.63, 3.8) is 0 Å². The van der Waals surface area contributed by atoms with Crippen molar-refractivity contribution in [2.75, 3.05) is 35.8 Å². The van der Waals surface area contributed by atoms with E-state index in [1.807, 2.05) is 6.07 Å². The van der Waals surface area contributed by atoms with Gasteiger partial charge in [-0.15, -0.1) is 5.10 Å². The molecular weight excluding hydrogens is 452 g/mol. The molecule has 0 spiro atoms. The van der Waals surface area contributed by atoms with Gasteiger partial charge in [0.1, 0.15) is 11.6 Å². The summed E-state index contributed by atoms with van der Waals surface area (Å²) in [7, 11) is -3.46. The van der Waals surface area contributed by atoms with E-state index in [0.717, 1.165) is 30.9 Å². The molecule has 1 saturated heterocycles. The van der Waals surface area contributed by atoms with Crippen molar-refractivity contribution in [2.24, 2.45) is 0 Å². The van der Waals surface area contributed by atoms with E-state index in [-0.39, 0.29) is 0 Å². The lowest BCUT2D eigenvalue weighted by Gasteiger charge is -2.35. The van der Waals surface area contributed by atoms with Crippen molar-refractivity contribution in [3.05, 3.63) is 59.9 Å². The van der Waals surface area contributed by atoms with Crippen LogP contribution in [0, 0.1) is 11.6 Å². The first kappa shape index (κ1) is 23.1. The topological polar surface area (TPSA) is 96.2 Å². The van der Waals surface area contributed by atoms with E-state index >= 15 is 0 Å². The van der Waals surface area contributed by atoms with E-state index in [2.05, 4.69) is 29.8 Å². The molecule has 4 rings (SSSR count). The fraction of sp³-hybridized carbons (Fsp3) is 0.381. The highest BCUT2D eigenvalue weighted by atomic mass is 32.2. The van der Waals surface area contributed by atoms with Gasteiger partial charge in [0.05, 0.1) is 22.8 Å². The lowest BCUT2D eigenvalue weighted by atomic mass is 10.2. The van der Waals surface area contributed by atoms with Crippen molar-refractivity contribution >= 4 is 21.7 Å². The fourth-order valence-electron chi connectivity index (χ4n) is 3.41. The first-order valence-corrected chi connectivity index (χ1v) is 12.1. The van der Waals surface area contributed by atoms with Crippen LogP contribution in [0.5, 0.6) is 0 Å². The molecule has 0 unspecified atom stereocenters. The average molecular weight is 478 g/mol. The molecular formula is C21H25F2N7O2S. The molecule has 0 aliphatic carbocycles. The smallest absolute Gasteiger partial charge is 0.236 e. The number of rotatable bonds is 7. The average Bonchev–Trinajstić information content (AvgIpc) is 3.24. The highest BCUT2D eigenvalue weighted by Crippen LogP contribution is 2.19. The molecule has 1 N–H and O–H groups in total. The van der Waals surface area contributed by atoms with E-state index in [1.165, 1.54) is 10.7 Å². The number of sulfonamides is 1. The first-order chi connectivity index (χ1) is 15.7. The second kappa shape index (κ2) is 9.40. The van der Waals surface area contributed by atoms with E-state index in [4.69, 9.17) is 0 Å². The third-order valence-corrected chi connectivity index (χ3v) is 7.13. The summed E-state index contributed by atoms with van der Waals surface area (Å²) in [6.07, 6.45) is 1.70. The van der Waals surface area contributed by atoms with Crippen LogP contribution in [-0.4, -0.2) is 64.7 Å². The van der Waals surface area contributed by atoms with E-state index in [0.29, 0.717) is 37.0 Å². The van der Waals surface area contributed by atoms with Crippen LogP contribution in [0.15, 0.2) is 42.6 Å². The molecule has 33 heavy (non-hydrogen) atoms. The summed E-state index contributed by atoms with van der Waals surface area (Å²) in [4.78, 5) is 8.77. The molecule has 0 atom stereocenters. The summed E-state index contributed by atoms with van der Waals surface area (Å²) in [5.74, 6) is -0.829. The molecule has 9 nitrogen and oxygen atoms in total. The van der Waals surface area contributed by atoms with Gasteiger partial charge in [-0.2, -0.15) is 0 Å². The Morgan fingerprint density at radius 2 is 1.82 bits per heavy atom. The number of piperazine rings is 1. The van der Waals surface area contributed by atoms with Crippen molar-refractivity contribution in [1.82, 2.24) is 24.9 Å². The van der Waals surface area contributed by atoms with Gasteiger partial charge >= 0.3 is 0 Å². The second-order valence-corrected chi connectivity index (χ2v) is 10.3. The van der Waals surface area contributed by atoms with Crippen LogP contribution in [0.3, 0.4) is 0 Å². The Kier molecular flexibility index (Phi) is 6.56. The maximum atomic E-state index is 13.5. The molecule has 1 aliphatic rings. The molecule has 3 heterocycles. The Hall–Kier alpha value is -3.12. The van der Waals surface area contributed by atoms with Gasteiger partial charge in [-0.1, -0.05) is 11.3 Å². The minimum absolute atomic E-state index is 0.303. The number of nitrogens with one attached hydrogen (secondary N) is 1. The number of anilines is 2. The highest BCUT2D eigenvalue weighted by Gasteiger charge is 2.21. The molecule has 0 radical (unpaired) electrons. The summed E-state index contributed by atoms with van der Waals surface area (Å²) >= 11 is 0. The van der Waals surface area contributed by atoms with Crippen LogP contribution in [0.1, 0.15) is 19.5 Å². The molecule has 0 bridgehead atoms. The number of halogens is 2. The van der Waals surface area contributed by atoms with Crippen LogP contribution in [0.2, 0.25) is 0 Å². The molecule has 1 aliphatic heterocycles. The van der Waals surface area contributed by atoms with E-state index in [9.17, 15) is 17.2 Å². The standard InChI is InChI=1S/C21H25F2N7O2S/c1-15(2)33(31,32)26-20-4-3-5-21(24-20)29-10-8-28(9-11-29)13-16-14-30(27-25-16)17-6-7-18(22)19(23)12-17/h3-7,12,14-15H,8-11,13H2,1-2H3,(H,24,26). The van der Waals surface area contributed by atoms with Gasteiger partial charge in [0.15, 0.2) is 11.6 Å². The van der Waals surface area contributed by atoms with Crippen molar-refractivity contribution in [1.29, 1.82) is 0 Å². The van der Waals surface area contributed by atoms with Crippen LogP contribution in [0.25, 0.3) is 5.69 Å². The zero-order valence-electron chi connectivity index (χ0n) is 18.3. The molecule has 2 aromatic heterocycles. The third-order valence-electron chi connectivity index (χ3n) is 5.39. The summed E-state index contributed by atoms with van der Waals surface area (Å²) in [6.45, 7) is 6.72. The van der Waals surface area contributed by atoms with E-state index in [1.54, 1.807) is 32.2 Å². The summed E-state index contributed by atoms with van der Waals surface area (Å²) in [6, 6.07) is 8.85. The van der Waals surface area contributed by atoms with Crippen LogP contribution >= 0.6 is 0 Å². The Morgan fingerprint density at radius 1 is 1.06 bits per heavy atom. The lowest BCUT2D eigenvalue weighted by molar-refractivity contribution is 0.246. The molecule has 1 aromatic carbocycles. The maximum absolute atomic E-state index is 13.5. The van der Waals surface area contributed by atoms with Gasteiger partial charge in [-0.25, -0.2) is 26.9 Å². The largest absolute Gasteiger partial charge is 0.354 e. The fourth-order valence-corrected chi connectivity index (χ4v) is 4.05. The van der Waals surface area contributed by atoms with Crippen molar-refractivity contribution in [2.45, 2.75) is 25.6 Å². The Morgan fingerprint density at radius 3 is 2.52 bits per heavy atom. The van der Waals surface area contributed by atoms with Gasteiger partial charge in [0, 0.05) is 38.8 Å². The van der Waals surface area contributed by atoms with Gasteiger partial charge in [0.2, 0.25) is 10.0 Å². The second-order valence-electron chi connectivity index (χ2n) is 8.09. The zero-order chi connectivity index (χ0) is 23.6. The maximum Gasteiger partial charge on any atom is 0.236 e. The summed E-state index contributed by atoms with van der Waals surface area (Å²) in [5.41, 5.74) is 1.12. The number of hydrogen-bond donors (Lipinski definition) is 1. The number of hydrogen-bond acceptors (Lipinski definition) is 7. The first-order valence-electron chi connectivity index (χ1n) is 10.5. The van der Waals surface area contributed by atoms with Crippen molar-refractivity contribution < 1.29 is 17.2 Å². The minimum Gasteiger partial charge on any atom is -0.354 e. The molecule has 0 saturated carbocycles. The van der Waals surface area contributed by atoms with Crippen LogP contribution in [0.4, 0.5) is 20.4 Å². The molecule has 3 aromatic rings. The SMILES string of the molecule is CC(C)S(=O)(=O)Nc1cccc(N2CCN(Cc3cn(-c4ccc(F)c(F)c4)nn3)CC2)n1. The summed E-state index contributed by atoms with van der Waals surface area (Å²) in [5, 5.41) is 7.60. The molecule has 1 fully saturated rings. The van der Waals surface area contributed by atoms with Crippen molar-refractivity contribution in [3.8, 4) is 5.69 Å². The lowest BCUT2D eigenvalue weighted by Crippen LogP contribution is -2.46. The monoisotopic (exact) mass is 477 g/mol. The van der Waals surface area contributed by atoms with E-state index < -0.39 is 26.9 Å².